The summed E-state index contributed by atoms with van der Waals surface area (Å²) >= 11 is -1.83. The predicted molar refractivity (Wildman–Crippen MR) is 172 cm³/mol. The molecule has 0 N–H and O–H groups in total. The first kappa shape index (κ1) is 26.1. The van der Waals surface area contributed by atoms with Gasteiger partial charge < -0.3 is 0 Å². The molecule has 4 aromatic carbocycles. The van der Waals surface area contributed by atoms with Crippen molar-refractivity contribution in [3.05, 3.63) is 108 Å². The zero-order chi connectivity index (χ0) is 27.7. The predicted octanol–water partition coefficient (Wildman–Crippen LogP) is 9.72. The van der Waals surface area contributed by atoms with Gasteiger partial charge in [0.15, 0.2) is 0 Å². The van der Waals surface area contributed by atoms with Gasteiger partial charge in [-0.25, -0.2) is 0 Å². The smallest absolute Gasteiger partial charge is 0.0616 e. The standard InChI is InChI=1S/C37H39GeN/c1-36(2,3)32-23-27(21-26-11-9-10-12-29(26)32)35-34-31(19-20-39-35)30-18-15-25(22-33(30)37(34,4)5)24-13-16-28(17-14-24)38(6,7)8/h9-23H,1-8H3. The summed E-state index contributed by atoms with van der Waals surface area (Å²) in [5.74, 6) is 7.36. The second-order valence-corrected chi connectivity index (χ2v) is 24.4. The Morgan fingerprint density at radius 1 is 0.692 bits per heavy atom. The van der Waals surface area contributed by atoms with Crippen molar-refractivity contribution in [1.82, 2.24) is 4.98 Å². The Morgan fingerprint density at radius 3 is 2.08 bits per heavy atom. The first-order valence-corrected chi connectivity index (χ1v) is 21.5. The van der Waals surface area contributed by atoms with E-state index in [-0.39, 0.29) is 10.8 Å². The summed E-state index contributed by atoms with van der Waals surface area (Å²) in [5.41, 5.74) is 11.5. The summed E-state index contributed by atoms with van der Waals surface area (Å²) in [6.07, 6.45) is 2.00. The van der Waals surface area contributed by atoms with Crippen molar-refractivity contribution >= 4 is 28.4 Å². The van der Waals surface area contributed by atoms with Crippen molar-refractivity contribution in [3.63, 3.8) is 0 Å². The quantitative estimate of drug-likeness (QED) is 0.197. The van der Waals surface area contributed by atoms with E-state index in [1.165, 1.54) is 55.3 Å². The van der Waals surface area contributed by atoms with E-state index in [0.717, 1.165) is 5.69 Å². The normalized spacial score (nSPS) is 14.4. The molecule has 6 rings (SSSR count). The Balaban J connectivity index is 1.50. The molecule has 0 fully saturated rings. The number of aromatic nitrogens is 1. The van der Waals surface area contributed by atoms with Crippen LogP contribution in [0.2, 0.25) is 17.3 Å². The van der Waals surface area contributed by atoms with Crippen LogP contribution in [0.1, 0.15) is 51.3 Å². The SMILES string of the molecule is CC(C)(C)c1cc(-c2nccc3c2C(C)(C)c2cc(-c4cc[c]([Ge]([CH3])([CH3])[CH3])cc4)ccc2-3)cc2ccccc12. The first-order chi connectivity index (χ1) is 18.4. The molecule has 0 spiro atoms. The molecule has 0 atom stereocenters. The van der Waals surface area contributed by atoms with E-state index in [0.29, 0.717) is 0 Å². The van der Waals surface area contributed by atoms with Crippen LogP contribution in [0.3, 0.4) is 0 Å². The number of fused-ring (bicyclic) bond motifs is 4. The van der Waals surface area contributed by atoms with Crippen molar-refractivity contribution < 1.29 is 0 Å². The molecule has 1 heterocycles. The summed E-state index contributed by atoms with van der Waals surface area (Å²) in [7, 11) is 0. The van der Waals surface area contributed by atoms with Gasteiger partial charge in [-0.1, -0.05) is 45.0 Å². The number of pyridine rings is 1. The molecule has 196 valence electrons. The molecule has 1 nitrogen and oxygen atoms in total. The molecule has 1 aromatic heterocycles. The van der Waals surface area contributed by atoms with Gasteiger partial charge in [0.2, 0.25) is 0 Å². The molecule has 2 heteroatoms. The van der Waals surface area contributed by atoms with Gasteiger partial charge in [-0.2, -0.15) is 0 Å². The number of hydrogen-bond donors (Lipinski definition) is 0. The van der Waals surface area contributed by atoms with E-state index in [2.05, 4.69) is 137 Å². The molecule has 5 aromatic rings. The summed E-state index contributed by atoms with van der Waals surface area (Å²) in [4.78, 5) is 5.05. The van der Waals surface area contributed by atoms with Crippen molar-refractivity contribution in [2.75, 3.05) is 0 Å². The van der Waals surface area contributed by atoms with Crippen LogP contribution in [0.5, 0.6) is 0 Å². The molecule has 0 saturated carbocycles. The molecule has 0 unspecified atom stereocenters. The van der Waals surface area contributed by atoms with Gasteiger partial charge in [0, 0.05) is 0 Å². The Hall–Kier alpha value is -3.17. The number of hydrogen-bond acceptors (Lipinski definition) is 1. The Morgan fingerprint density at radius 2 is 1.38 bits per heavy atom. The summed E-state index contributed by atoms with van der Waals surface area (Å²) in [6, 6.07) is 32.1. The molecule has 1 aliphatic rings. The molecule has 1 aliphatic carbocycles. The van der Waals surface area contributed by atoms with Gasteiger partial charge in [0.1, 0.15) is 0 Å². The van der Waals surface area contributed by atoms with Crippen LogP contribution in [0, 0.1) is 0 Å². The fraction of sp³-hybridized carbons (Fsp3) is 0.270. The van der Waals surface area contributed by atoms with Crippen LogP contribution >= 0.6 is 0 Å². The van der Waals surface area contributed by atoms with E-state index in [1.807, 2.05) is 6.20 Å². The van der Waals surface area contributed by atoms with E-state index in [1.54, 1.807) is 4.40 Å². The Labute approximate surface area is 236 Å². The van der Waals surface area contributed by atoms with Gasteiger partial charge >= 0.3 is 171 Å². The molecule has 0 saturated heterocycles. The van der Waals surface area contributed by atoms with Crippen molar-refractivity contribution in [2.24, 2.45) is 0 Å². The van der Waals surface area contributed by atoms with Crippen molar-refractivity contribution in [1.29, 1.82) is 0 Å². The third-order valence-electron chi connectivity index (χ3n) is 8.59. The fourth-order valence-corrected chi connectivity index (χ4v) is 8.83. The van der Waals surface area contributed by atoms with E-state index < -0.39 is 13.3 Å². The molecular weight excluding hydrogens is 531 g/mol. The van der Waals surface area contributed by atoms with E-state index in [9.17, 15) is 0 Å². The summed E-state index contributed by atoms with van der Waals surface area (Å²) in [6.45, 7) is 11.7. The topological polar surface area (TPSA) is 12.9 Å². The van der Waals surface area contributed by atoms with Crippen LogP contribution in [-0.2, 0) is 10.8 Å². The summed E-state index contributed by atoms with van der Waals surface area (Å²) in [5, 5.41) is 2.60. The average Bonchev–Trinajstić information content (AvgIpc) is 3.13. The third kappa shape index (κ3) is 4.36. The van der Waals surface area contributed by atoms with Gasteiger partial charge in [0.25, 0.3) is 0 Å². The van der Waals surface area contributed by atoms with Crippen LogP contribution in [0.4, 0.5) is 0 Å². The molecular formula is C37H39GeN. The Bertz CT molecular complexity index is 1730. The molecule has 0 bridgehead atoms. The molecule has 0 amide bonds. The minimum Gasteiger partial charge on any atom is -0.0616 e. The number of nitrogens with zero attached hydrogens (tertiary/aromatic N) is 1. The summed E-state index contributed by atoms with van der Waals surface area (Å²) < 4.78 is 1.55. The maximum atomic E-state index is 5.05. The van der Waals surface area contributed by atoms with Crippen LogP contribution in [-0.4, -0.2) is 18.3 Å². The molecule has 39 heavy (non-hydrogen) atoms. The maximum absolute atomic E-state index is 5.05. The minimum atomic E-state index is -1.83. The van der Waals surface area contributed by atoms with Crippen LogP contribution in [0.25, 0.3) is 44.3 Å². The van der Waals surface area contributed by atoms with E-state index >= 15 is 0 Å². The van der Waals surface area contributed by atoms with Crippen molar-refractivity contribution in [2.45, 2.75) is 62.7 Å². The van der Waals surface area contributed by atoms with Gasteiger partial charge in [0.05, 0.1) is 0 Å². The second kappa shape index (κ2) is 8.93. The van der Waals surface area contributed by atoms with Crippen LogP contribution < -0.4 is 4.40 Å². The van der Waals surface area contributed by atoms with Gasteiger partial charge in [-0.15, -0.1) is 0 Å². The monoisotopic (exact) mass is 571 g/mol. The Kier molecular flexibility index (Phi) is 5.97. The number of benzene rings is 4. The van der Waals surface area contributed by atoms with Crippen LogP contribution in [0.15, 0.2) is 91.1 Å². The zero-order valence-electron chi connectivity index (χ0n) is 24.6. The fourth-order valence-electron chi connectivity index (χ4n) is 6.38. The third-order valence-corrected chi connectivity index (χ3v) is 12.9. The average molecular weight is 570 g/mol. The molecule has 0 aliphatic heterocycles. The zero-order valence-corrected chi connectivity index (χ0v) is 26.7. The van der Waals surface area contributed by atoms with E-state index in [4.69, 9.17) is 4.98 Å². The van der Waals surface area contributed by atoms with Gasteiger partial charge in [-0.05, 0) is 21.8 Å². The minimum absolute atomic E-state index is 0.0346. The van der Waals surface area contributed by atoms with Crippen molar-refractivity contribution in [3.8, 4) is 33.5 Å². The first-order valence-electron chi connectivity index (χ1n) is 14.1. The molecule has 0 radical (unpaired) electrons. The second-order valence-electron chi connectivity index (χ2n) is 13.8. The number of rotatable bonds is 3. The van der Waals surface area contributed by atoms with Gasteiger partial charge in [-0.3, -0.25) is 0 Å².